The first-order chi connectivity index (χ1) is 4.30. The van der Waals surface area contributed by atoms with Crippen LogP contribution in [0.3, 0.4) is 0 Å². The molecular formula is C7H15NO. The standard InChI is InChI=1S/C7H15NO/c8-6-4-2-1-3-5-7(6)9/h6-7,9H,1-5,8H2/t6-,7+/m0/s1. The Kier molecular flexibility index (Phi) is 2.49. The molecule has 2 nitrogen and oxygen atoms in total. The summed E-state index contributed by atoms with van der Waals surface area (Å²) in [6.07, 6.45) is 5.26. The van der Waals surface area contributed by atoms with Gasteiger partial charge in [0.25, 0.3) is 0 Å². The molecule has 3 N–H and O–H groups in total. The molecule has 9 heavy (non-hydrogen) atoms. The van der Waals surface area contributed by atoms with Crippen LogP contribution in [-0.4, -0.2) is 17.3 Å². The van der Waals surface area contributed by atoms with Gasteiger partial charge in [-0.05, 0) is 12.8 Å². The maximum atomic E-state index is 9.23. The number of aliphatic hydroxyl groups is 1. The smallest absolute Gasteiger partial charge is 0.0691 e. The van der Waals surface area contributed by atoms with Crippen LogP contribution in [0.15, 0.2) is 0 Å². The minimum atomic E-state index is -0.229. The normalized spacial score (nSPS) is 38.0. The average molecular weight is 129 g/mol. The first kappa shape index (κ1) is 7.03. The number of nitrogens with two attached hydrogens (primary N) is 1. The van der Waals surface area contributed by atoms with Gasteiger partial charge < -0.3 is 10.8 Å². The van der Waals surface area contributed by atoms with Crippen molar-refractivity contribution < 1.29 is 5.11 Å². The summed E-state index contributed by atoms with van der Waals surface area (Å²) in [6, 6.07) is 0.0486. The SMILES string of the molecule is N[C@H]1CCCCC[C@H]1O. The van der Waals surface area contributed by atoms with Gasteiger partial charge in [-0.1, -0.05) is 19.3 Å². The van der Waals surface area contributed by atoms with Gasteiger partial charge in [-0.25, -0.2) is 0 Å². The Morgan fingerprint density at radius 3 is 2.56 bits per heavy atom. The van der Waals surface area contributed by atoms with Crippen molar-refractivity contribution in [2.24, 2.45) is 5.73 Å². The maximum absolute atomic E-state index is 9.23. The Labute approximate surface area is 56.1 Å². The zero-order chi connectivity index (χ0) is 6.69. The van der Waals surface area contributed by atoms with Crippen molar-refractivity contribution >= 4 is 0 Å². The van der Waals surface area contributed by atoms with E-state index in [1.165, 1.54) is 12.8 Å². The lowest BCUT2D eigenvalue weighted by Crippen LogP contribution is -2.33. The van der Waals surface area contributed by atoms with Crippen LogP contribution < -0.4 is 5.73 Å². The third-order valence-electron chi connectivity index (χ3n) is 2.03. The Hall–Kier alpha value is -0.0800. The van der Waals surface area contributed by atoms with Crippen LogP contribution in [0.5, 0.6) is 0 Å². The van der Waals surface area contributed by atoms with E-state index in [2.05, 4.69) is 0 Å². The second kappa shape index (κ2) is 3.18. The van der Waals surface area contributed by atoms with Crippen LogP contribution >= 0.6 is 0 Å². The van der Waals surface area contributed by atoms with E-state index in [0.29, 0.717) is 0 Å². The zero-order valence-corrected chi connectivity index (χ0v) is 5.71. The molecule has 54 valence electrons. The quantitative estimate of drug-likeness (QED) is 0.471. The van der Waals surface area contributed by atoms with E-state index in [4.69, 9.17) is 5.73 Å². The largest absolute Gasteiger partial charge is 0.392 e. The summed E-state index contributed by atoms with van der Waals surface area (Å²) < 4.78 is 0. The predicted octanol–water partition coefficient (Wildman–Crippen LogP) is 0.639. The molecule has 1 saturated carbocycles. The van der Waals surface area contributed by atoms with E-state index >= 15 is 0 Å². The first-order valence-electron chi connectivity index (χ1n) is 3.74. The topological polar surface area (TPSA) is 46.2 Å². The minimum Gasteiger partial charge on any atom is -0.392 e. The summed E-state index contributed by atoms with van der Waals surface area (Å²) in [6.45, 7) is 0. The monoisotopic (exact) mass is 129 g/mol. The van der Waals surface area contributed by atoms with E-state index in [0.717, 1.165) is 19.3 Å². The summed E-state index contributed by atoms with van der Waals surface area (Å²) in [5.74, 6) is 0. The van der Waals surface area contributed by atoms with Crippen LogP contribution in [-0.2, 0) is 0 Å². The Bertz CT molecular complexity index is 75.0. The highest BCUT2D eigenvalue weighted by molar-refractivity contribution is 4.74. The van der Waals surface area contributed by atoms with Crippen LogP contribution in [0.2, 0.25) is 0 Å². The zero-order valence-electron chi connectivity index (χ0n) is 5.71. The Balaban J connectivity index is 2.32. The maximum Gasteiger partial charge on any atom is 0.0691 e. The summed E-state index contributed by atoms with van der Waals surface area (Å²) in [7, 11) is 0. The fourth-order valence-electron chi connectivity index (χ4n) is 1.32. The number of rotatable bonds is 0. The third kappa shape index (κ3) is 1.95. The second-order valence-electron chi connectivity index (χ2n) is 2.87. The van der Waals surface area contributed by atoms with Gasteiger partial charge in [0, 0.05) is 6.04 Å². The van der Waals surface area contributed by atoms with Crippen molar-refractivity contribution in [2.75, 3.05) is 0 Å². The molecular weight excluding hydrogens is 114 g/mol. The lowest BCUT2D eigenvalue weighted by Gasteiger charge is -2.13. The van der Waals surface area contributed by atoms with Gasteiger partial charge in [-0.15, -0.1) is 0 Å². The van der Waals surface area contributed by atoms with Gasteiger partial charge in [0.15, 0.2) is 0 Å². The second-order valence-corrected chi connectivity index (χ2v) is 2.87. The van der Waals surface area contributed by atoms with Crippen molar-refractivity contribution in [3.05, 3.63) is 0 Å². The van der Waals surface area contributed by atoms with Gasteiger partial charge >= 0.3 is 0 Å². The van der Waals surface area contributed by atoms with E-state index < -0.39 is 0 Å². The summed E-state index contributed by atoms with van der Waals surface area (Å²) in [5, 5.41) is 9.23. The van der Waals surface area contributed by atoms with Gasteiger partial charge in [-0.3, -0.25) is 0 Å². The van der Waals surface area contributed by atoms with Crippen molar-refractivity contribution in [3.63, 3.8) is 0 Å². The first-order valence-corrected chi connectivity index (χ1v) is 3.74. The van der Waals surface area contributed by atoms with E-state index in [1.54, 1.807) is 0 Å². The van der Waals surface area contributed by atoms with Gasteiger partial charge in [0.2, 0.25) is 0 Å². The number of aliphatic hydroxyl groups excluding tert-OH is 1. The lowest BCUT2D eigenvalue weighted by atomic mass is 10.1. The average Bonchev–Trinajstić information content (AvgIpc) is 1.99. The molecule has 0 aromatic carbocycles. The third-order valence-corrected chi connectivity index (χ3v) is 2.03. The molecule has 0 aromatic rings. The molecule has 1 rings (SSSR count). The van der Waals surface area contributed by atoms with E-state index in [9.17, 15) is 5.11 Å². The number of hydrogen-bond donors (Lipinski definition) is 2. The van der Waals surface area contributed by atoms with E-state index in [-0.39, 0.29) is 12.1 Å². The highest BCUT2D eigenvalue weighted by Crippen LogP contribution is 2.15. The molecule has 0 radical (unpaired) electrons. The lowest BCUT2D eigenvalue weighted by molar-refractivity contribution is 0.137. The fraction of sp³-hybridized carbons (Fsp3) is 1.00. The predicted molar refractivity (Wildman–Crippen MR) is 37.1 cm³/mol. The molecule has 0 aromatic heterocycles. The van der Waals surface area contributed by atoms with E-state index in [1.807, 2.05) is 0 Å². The number of hydrogen-bond acceptors (Lipinski definition) is 2. The van der Waals surface area contributed by atoms with Crippen LogP contribution in [0.25, 0.3) is 0 Å². The fourth-order valence-corrected chi connectivity index (χ4v) is 1.32. The summed E-state index contributed by atoms with van der Waals surface area (Å²) >= 11 is 0. The van der Waals surface area contributed by atoms with Crippen molar-refractivity contribution in [2.45, 2.75) is 44.2 Å². The van der Waals surface area contributed by atoms with Crippen molar-refractivity contribution in [1.29, 1.82) is 0 Å². The molecule has 1 aliphatic carbocycles. The Morgan fingerprint density at radius 1 is 1.11 bits per heavy atom. The molecule has 0 saturated heterocycles. The molecule has 1 aliphatic rings. The highest BCUT2D eigenvalue weighted by Gasteiger charge is 2.16. The summed E-state index contributed by atoms with van der Waals surface area (Å²) in [4.78, 5) is 0. The minimum absolute atomic E-state index is 0.0486. The van der Waals surface area contributed by atoms with Gasteiger partial charge in [0.05, 0.1) is 6.10 Å². The summed E-state index contributed by atoms with van der Waals surface area (Å²) in [5.41, 5.74) is 5.63. The van der Waals surface area contributed by atoms with Crippen LogP contribution in [0.4, 0.5) is 0 Å². The molecule has 0 aliphatic heterocycles. The van der Waals surface area contributed by atoms with Gasteiger partial charge in [-0.2, -0.15) is 0 Å². The molecule has 2 heteroatoms. The Morgan fingerprint density at radius 2 is 1.78 bits per heavy atom. The molecule has 1 fully saturated rings. The molecule has 0 heterocycles. The van der Waals surface area contributed by atoms with Crippen molar-refractivity contribution in [3.8, 4) is 0 Å². The van der Waals surface area contributed by atoms with Crippen LogP contribution in [0.1, 0.15) is 32.1 Å². The molecule has 0 amide bonds. The highest BCUT2D eigenvalue weighted by atomic mass is 16.3. The molecule has 0 bridgehead atoms. The van der Waals surface area contributed by atoms with Crippen molar-refractivity contribution in [1.82, 2.24) is 0 Å². The molecule has 2 atom stereocenters. The van der Waals surface area contributed by atoms with Crippen LogP contribution in [0, 0.1) is 0 Å². The molecule has 0 unspecified atom stereocenters. The molecule has 0 spiro atoms. The van der Waals surface area contributed by atoms with Gasteiger partial charge in [0.1, 0.15) is 0 Å².